The Hall–Kier alpha value is -2.72. The summed E-state index contributed by atoms with van der Waals surface area (Å²) < 4.78 is 0. The molecular weight excluding hydrogens is 446 g/mol. The number of hydrogen-bond donors (Lipinski definition) is 2. The van der Waals surface area contributed by atoms with Gasteiger partial charge in [-0.25, -0.2) is 0 Å². The molecule has 36 heavy (non-hydrogen) atoms. The molecule has 0 radical (unpaired) electrons. The highest BCUT2D eigenvalue weighted by molar-refractivity contribution is 5.86. The molecule has 1 saturated carbocycles. The minimum Gasteiger partial charge on any atom is -0.338 e. The van der Waals surface area contributed by atoms with Gasteiger partial charge >= 0.3 is 0 Å². The molecule has 0 spiro atoms. The predicted molar refractivity (Wildman–Crippen MR) is 145 cm³/mol. The van der Waals surface area contributed by atoms with E-state index in [0.717, 1.165) is 63.1 Å². The molecule has 6 nitrogen and oxygen atoms in total. The Balaban J connectivity index is 1.30. The summed E-state index contributed by atoms with van der Waals surface area (Å²) >= 11 is 0. The number of amides is 1. The fourth-order valence-corrected chi connectivity index (χ4v) is 5.41. The van der Waals surface area contributed by atoms with Crippen LogP contribution in [-0.2, 0) is 17.8 Å². The molecule has 3 N–H and O–H groups in total. The SMILES string of the molecule is CC(C)N1CCN(Cc2ccc(-c3ccc(C[C@@H](C#N)NC(=O)C4(N)CCCCC4)cc3)cc2)CC1. The van der Waals surface area contributed by atoms with Crippen molar-refractivity contribution < 1.29 is 4.79 Å². The van der Waals surface area contributed by atoms with E-state index in [0.29, 0.717) is 25.3 Å². The molecule has 1 amide bonds. The highest BCUT2D eigenvalue weighted by Crippen LogP contribution is 2.26. The van der Waals surface area contributed by atoms with Gasteiger partial charge in [0.2, 0.25) is 5.91 Å². The second kappa shape index (κ2) is 12.0. The molecule has 2 aromatic rings. The van der Waals surface area contributed by atoms with Gasteiger partial charge in [0.15, 0.2) is 0 Å². The van der Waals surface area contributed by atoms with Gasteiger partial charge in [-0.2, -0.15) is 5.26 Å². The van der Waals surface area contributed by atoms with Crippen LogP contribution in [0, 0.1) is 11.3 Å². The molecule has 1 saturated heterocycles. The second-order valence-corrected chi connectivity index (χ2v) is 10.9. The standard InChI is InChI=1S/C30H41N5O/c1-23(2)35-18-16-34(17-19-35)22-25-8-12-27(13-9-25)26-10-6-24(7-11-26)20-28(21-31)33-29(36)30(32)14-4-3-5-15-30/h6-13,23,28H,3-5,14-20,22,32H2,1-2H3,(H,33,36)/t28-/m0/s1. The number of nitriles is 1. The van der Waals surface area contributed by atoms with Gasteiger partial charge in [-0.05, 0) is 48.9 Å². The van der Waals surface area contributed by atoms with Gasteiger partial charge in [0.25, 0.3) is 0 Å². The van der Waals surface area contributed by atoms with Crippen LogP contribution in [-0.4, -0.2) is 59.5 Å². The molecule has 2 aromatic carbocycles. The third kappa shape index (κ3) is 6.73. The largest absolute Gasteiger partial charge is 0.338 e. The Kier molecular flexibility index (Phi) is 8.79. The van der Waals surface area contributed by atoms with E-state index in [4.69, 9.17) is 5.73 Å². The Morgan fingerprint density at radius 1 is 0.944 bits per heavy atom. The van der Waals surface area contributed by atoms with Crippen LogP contribution < -0.4 is 11.1 Å². The maximum atomic E-state index is 12.7. The van der Waals surface area contributed by atoms with E-state index in [-0.39, 0.29) is 5.91 Å². The average molecular weight is 488 g/mol. The highest BCUT2D eigenvalue weighted by Gasteiger charge is 2.36. The van der Waals surface area contributed by atoms with Crippen LogP contribution in [0.25, 0.3) is 11.1 Å². The first-order valence-corrected chi connectivity index (χ1v) is 13.5. The number of benzene rings is 2. The van der Waals surface area contributed by atoms with E-state index >= 15 is 0 Å². The van der Waals surface area contributed by atoms with Crippen molar-refractivity contribution in [2.75, 3.05) is 26.2 Å². The average Bonchev–Trinajstić information content (AvgIpc) is 2.90. The molecule has 192 valence electrons. The number of nitrogens with zero attached hydrogens (tertiary/aromatic N) is 3. The number of piperazine rings is 1. The summed E-state index contributed by atoms with van der Waals surface area (Å²) in [7, 11) is 0. The van der Waals surface area contributed by atoms with E-state index in [1.54, 1.807) is 0 Å². The van der Waals surface area contributed by atoms with Crippen molar-refractivity contribution in [1.82, 2.24) is 15.1 Å². The van der Waals surface area contributed by atoms with Gasteiger partial charge in [-0.1, -0.05) is 67.8 Å². The lowest BCUT2D eigenvalue weighted by atomic mass is 9.81. The maximum absolute atomic E-state index is 12.7. The van der Waals surface area contributed by atoms with Crippen molar-refractivity contribution in [2.45, 2.75) is 76.5 Å². The van der Waals surface area contributed by atoms with Gasteiger partial charge in [0.05, 0.1) is 11.6 Å². The summed E-state index contributed by atoms with van der Waals surface area (Å²) in [5.74, 6) is -0.188. The summed E-state index contributed by atoms with van der Waals surface area (Å²) in [6, 6.07) is 19.4. The molecule has 6 heteroatoms. The molecule has 1 aliphatic carbocycles. The van der Waals surface area contributed by atoms with Crippen LogP contribution in [0.4, 0.5) is 0 Å². The van der Waals surface area contributed by atoms with Gasteiger partial charge in [-0.15, -0.1) is 0 Å². The molecule has 1 aliphatic heterocycles. The van der Waals surface area contributed by atoms with Gasteiger partial charge in [-0.3, -0.25) is 14.6 Å². The van der Waals surface area contributed by atoms with Crippen LogP contribution in [0.2, 0.25) is 0 Å². The zero-order valence-corrected chi connectivity index (χ0v) is 21.9. The summed E-state index contributed by atoms with van der Waals surface area (Å²) in [6.45, 7) is 10.1. The zero-order valence-electron chi connectivity index (χ0n) is 21.9. The lowest BCUT2D eigenvalue weighted by Crippen LogP contribution is -2.57. The van der Waals surface area contributed by atoms with Crippen LogP contribution in [0.5, 0.6) is 0 Å². The fourth-order valence-electron chi connectivity index (χ4n) is 5.41. The summed E-state index contributed by atoms with van der Waals surface area (Å²) in [4.78, 5) is 17.8. The van der Waals surface area contributed by atoms with Gasteiger partial charge in [0.1, 0.15) is 6.04 Å². The maximum Gasteiger partial charge on any atom is 0.241 e. The topological polar surface area (TPSA) is 85.4 Å². The van der Waals surface area contributed by atoms with E-state index in [9.17, 15) is 10.1 Å². The number of nitrogens with two attached hydrogens (primary N) is 1. The van der Waals surface area contributed by atoms with E-state index < -0.39 is 11.6 Å². The smallest absolute Gasteiger partial charge is 0.241 e. The van der Waals surface area contributed by atoms with Crippen LogP contribution in [0.3, 0.4) is 0 Å². The van der Waals surface area contributed by atoms with Crippen molar-refractivity contribution >= 4 is 5.91 Å². The summed E-state index contributed by atoms with van der Waals surface area (Å²) in [6.07, 6.45) is 4.93. The number of hydrogen-bond acceptors (Lipinski definition) is 5. The van der Waals surface area contributed by atoms with Crippen molar-refractivity contribution in [3.8, 4) is 17.2 Å². The van der Waals surface area contributed by atoms with Crippen molar-refractivity contribution in [2.24, 2.45) is 5.73 Å². The number of rotatable bonds is 8. The quantitative estimate of drug-likeness (QED) is 0.586. The Morgan fingerprint density at radius 3 is 2.03 bits per heavy atom. The number of carbonyl (C=O) groups is 1. The first kappa shape index (κ1) is 26.3. The van der Waals surface area contributed by atoms with Crippen LogP contribution in [0.15, 0.2) is 48.5 Å². The van der Waals surface area contributed by atoms with Crippen LogP contribution in [0.1, 0.15) is 57.1 Å². The van der Waals surface area contributed by atoms with E-state index in [2.05, 4.69) is 71.4 Å². The molecule has 1 heterocycles. The molecule has 2 fully saturated rings. The minimum absolute atomic E-state index is 0.188. The Bertz CT molecular complexity index is 1030. The zero-order chi connectivity index (χ0) is 25.5. The summed E-state index contributed by atoms with van der Waals surface area (Å²) in [5.41, 5.74) is 10.2. The normalized spacial score (nSPS) is 19.5. The lowest BCUT2D eigenvalue weighted by Gasteiger charge is -2.36. The van der Waals surface area contributed by atoms with Crippen molar-refractivity contribution in [3.63, 3.8) is 0 Å². The molecular formula is C30H41N5O. The Labute approximate surface area is 216 Å². The molecule has 0 unspecified atom stereocenters. The lowest BCUT2D eigenvalue weighted by molar-refractivity contribution is -0.127. The predicted octanol–water partition coefficient (Wildman–Crippen LogP) is 4.09. The number of carbonyl (C=O) groups excluding carboxylic acids is 1. The Morgan fingerprint density at radius 2 is 1.50 bits per heavy atom. The molecule has 0 aromatic heterocycles. The monoisotopic (exact) mass is 487 g/mol. The van der Waals surface area contributed by atoms with E-state index in [1.165, 1.54) is 11.1 Å². The van der Waals surface area contributed by atoms with Gasteiger partial charge in [0, 0.05) is 45.2 Å². The molecule has 1 atom stereocenters. The summed E-state index contributed by atoms with van der Waals surface area (Å²) in [5, 5.41) is 12.5. The molecule has 2 aliphatic rings. The highest BCUT2D eigenvalue weighted by atomic mass is 16.2. The fraction of sp³-hybridized carbons (Fsp3) is 0.533. The third-order valence-electron chi connectivity index (χ3n) is 7.88. The van der Waals surface area contributed by atoms with Crippen LogP contribution >= 0.6 is 0 Å². The number of nitrogens with one attached hydrogen (secondary N) is 1. The third-order valence-corrected chi connectivity index (χ3v) is 7.88. The van der Waals surface area contributed by atoms with Crippen molar-refractivity contribution in [3.05, 3.63) is 59.7 Å². The minimum atomic E-state index is -0.828. The van der Waals surface area contributed by atoms with Gasteiger partial charge < -0.3 is 11.1 Å². The first-order chi connectivity index (χ1) is 17.4. The molecule has 4 rings (SSSR count). The van der Waals surface area contributed by atoms with E-state index in [1.807, 2.05) is 12.1 Å². The van der Waals surface area contributed by atoms with Crippen molar-refractivity contribution in [1.29, 1.82) is 5.26 Å². The molecule has 0 bridgehead atoms. The second-order valence-electron chi connectivity index (χ2n) is 10.9. The first-order valence-electron chi connectivity index (χ1n) is 13.5.